The summed E-state index contributed by atoms with van der Waals surface area (Å²) in [5, 5.41) is 10.7. The zero-order valence-corrected chi connectivity index (χ0v) is 12.8. The minimum absolute atomic E-state index is 0.0370. The molecule has 0 bridgehead atoms. The lowest BCUT2D eigenvalue weighted by Gasteiger charge is -2.32. The highest BCUT2D eigenvalue weighted by Crippen LogP contribution is 2.19. The van der Waals surface area contributed by atoms with E-state index in [-0.39, 0.29) is 11.6 Å². The molecule has 1 unspecified atom stereocenters. The van der Waals surface area contributed by atoms with Crippen molar-refractivity contribution >= 4 is 23.6 Å². The van der Waals surface area contributed by atoms with Crippen LogP contribution in [0, 0.1) is 10.1 Å². The van der Waals surface area contributed by atoms with Crippen molar-refractivity contribution in [2.45, 2.75) is 25.3 Å². The SMILES string of the molecule is COC(=O)C1CCCCN1C(=O)/C=C/c1cccc([N+](=O)[O-])c1. The van der Waals surface area contributed by atoms with E-state index >= 15 is 0 Å². The number of amides is 1. The third-order valence-electron chi connectivity index (χ3n) is 3.76. The molecular weight excluding hydrogens is 300 g/mol. The van der Waals surface area contributed by atoms with Crippen molar-refractivity contribution in [1.29, 1.82) is 0 Å². The molecule has 0 aromatic heterocycles. The van der Waals surface area contributed by atoms with E-state index in [1.807, 2.05) is 0 Å². The summed E-state index contributed by atoms with van der Waals surface area (Å²) in [6.07, 6.45) is 5.14. The van der Waals surface area contributed by atoms with Crippen LogP contribution in [0.5, 0.6) is 0 Å². The third-order valence-corrected chi connectivity index (χ3v) is 3.76. The summed E-state index contributed by atoms with van der Waals surface area (Å²) in [6.45, 7) is 0.498. The molecule has 23 heavy (non-hydrogen) atoms. The van der Waals surface area contributed by atoms with Crippen LogP contribution in [0.25, 0.3) is 6.08 Å². The molecule has 1 heterocycles. The Labute approximate surface area is 133 Å². The number of methoxy groups -OCH3 is 1. The Kier molecular flexibility index (Phi) is 5.46. The number of carbonyl (C=O) groups excluding carboxylic acids is 2. The minimum atomic E-state index is -0.559. The van der Waals surface area contributed by atoms with Gasteiger partial charge >= 0.3 is 5.97 Å². The van der Waals surface area contributed by atoms with E-state index in [0.717, 1.165) is 12.8 Å². The summed E-state index contributed by atoms with van der Waals surface area (Å²) in [5.41, 5.74) is 0.518. The summed E-state index contributed by atoms with van der Waals surface area (Å²) in [6, 6.07) is 5.44. The summed E-state index contributed by atoms with van der Waals surface area (Å²) in [7, 11) is 1.30. The summed E-state index contributed by atoms with van der Waals surface area (Å²) in [4.78, 5) is 35.8. The fourth-order valence-electron chi connectivity index (χ4n) is 2.58. The lowest BCUT2D eigenvalue weighted by molar-refractivity contribution is -0.384. The molecule has 1 aliphatic rings. The Balaban J connectivity index is 2.11. The number of carbonyl (C=O) groups is 2. The number of benzene rings is 1. The van der Waals surface area contributed by atoms with Crippen LogP contribution in [-0.4, -0.2) is 41.4 Å². The molecule has 0 saturated carbocycles. The van der Waals surface area contributed by atoms with Crippen LogP contribution in [0.2, 0.25) is 0 Å². The van der Waals surface area contributed by atoms with Crippen LogP contribution in [0.15, 0.2) is 30.3 Å². The van der Waals surface area contributed by atoms with Gasteiger partial charge < -0.3 is 9.64 Å². The number of nitrogens with zero attached hydrogens (tertiary/aromatic N) is 2. The Hall–Kier alpha value is -2.70. The third kappa shape index (κ3) is 4.15. The first-order chi connectivity index (χ1) is 11.0. The molecule has 2 rings (SSSR count). The number of hydrogen-bond acceptors (Lipinski definition) is 5. The topological polar surface area (TPSA) is 89.8 Å². The van der Waals surface area contributed by atoms with E-state index in [2.05, 4.69) is 0 Å². The second kappa shape index (κ2) is 7.53. The Morgan fingerprint density at radius 2 is 2.17 bits per heavy atom. The molecule has 122 valence electrons. The van der Waals surface area contributed by atoms with Crippen LogP contribution in [0.1, 0.15) is 24.8 Å². The Bertz CT molecular complexity index is 641. The molecule has 1 amide bonds. The van der Waals surface area contributed by atoms with E-state index in [4.69, 9.17) is 4.74 Å². The van der Waals surface area contributed by atoms with Gasteiger partial charge in [0.05, 0.1) is 12.0 Å². The van der Waals surface area contributed by atoms with Gasteiger partial charge in [0.2, 0.25) is 5.91 Å². The average molecular weight is 318 g/mol. The molecule has 1 aliphatic heterocycles. The quantitative estimate of drug-likeness (QED) is 0.367. The number of rotatable bonds is 4. The van der Waals surface area contributed by atoms with E-state index in [9.17, 15) is 19.7 Å². The standard InChI is InChI=1S/C16H18N2O5/c1-23-16(20)14-7-2-3-10-17(14)15(19)9-8-12-5-4-6-13(11-12)18(21)22/h4-6,8-9,11,14H,2-3,7,10H2,1H3/b9-8+. The Morgan fingerprint density at radius 3 is 2.87 bits per heavy atom. The van der Waals surface area contributed by atoms with Crippen molar-refractivity contribution in [3.05, 3.63) is 46.0 Å². The summed E-state index contributed by atoms with van der Waals surface area (Å²) in [5.74, 6) is -0.714. The smallest absolute Gasteiger partial charge is 0.328 e. The van der Waals surface area contributed by atoms with Crippen LogP contribution < -0.4 is 0 Å². The highest BCUT2D eigenvalue weighted by Gasteiger charge is 2.31. The largest absolute Gasteiger partial charge is 0.467 e. The van der Waals surface area contributed by atoms with Crippen LogP contribution >= 0.6 is 0 Å². The summed E-state index contributed by atoms with van der Waals surface area (Å²) >= 11 is 0. The number of ether oxygens (including phenoxy) is 1. The second-order valence-corrected chi connectivity index (χ2v) is 5.25. The average Bonchev–Trinajstić information content (AvgIpc) is 2.59. The fraction of sp³-hybridized carbons (Fsp3) is 0.375. The van der Waals surface area contributed by atoms with E-state index in [0.29, 0.717) is 18.5 Å². The van der Waals surface area contributed by atoms with Crippen molar-refractivity contribution in [3.8, 4) is 0 Å². The molecule has 7 heteroatoms. The lowest BCUT2D eigenvalue weighted by Crippen LogP contribution is -2.47. The minimum Gasteiger partial charge on any atom is -0.467 e. The van der Waals surface area contributed by atoms with Crippen LogP contribution in [0.4, 0.5) is 5.69 Å². The number of piperidine rings is 1. The zero-order valence-electron chi connectivity index (χ0n) is 12.8. The van der Waals surface area contributed by atoms with E-state index in [1.165, 1.54) is 36.3 Å². The number of hydrogen-bond donors (Lipinski definition) is 0. The molecule has 1 saturated heterocycles. The molecule has 0 radical (unpaired) electrons. The monoisotopic (exact) mass is 318 g/mol. The maximum Gasteiger partial charge on any atom is 0.328 e. The van der Waals surface area contributed by atoms with Crippen molar-refractivity contribution in [3.63, 3.8) is 0 Å². The van der Waals surface area contributed by atoms with Crippen molar-refractivity contribution in [2.75, 3.05) is 13.7 Å². The molecule has 1 aromatic rings. The van der Waals surface area contributed by atoms with Gasteiger partial charge in [-0.15, -0.1) is 0 Å². The van der Waals surface area contributed by atoms with Crippen molar-refractivity contribution < 1.29 is 19.2 Å². The first kappa shape index (κ1) is 16.7. The molecule has 0 N–H and O–H groups in total. The first-order valence-corrected chi connectivity index (χ1v) is 7.34. The van der Waals surface area contributed by atoms with E-state index in [1.54, 1.807) is 12.1 Å². The molecule has 0 spiro atoms. The Morgan fingerprint density at radius 1 is 1.39 bits per heavy atom. The van der Waals surface area contributed by atoms with Gasteiger partial charge in [-0.2, -0.15) is 0 Å². The number of non-ortho nitro benzene ring substituents is 1. The number of nitro benzene ring substituents is 1. The van der Waals surface area contributed by atoms with E-state index < -0.39 is 16.9 Å². The maximum atomic E-state index is 12.3. The van der Waals surface area contributed by atoms with Gasteiger partial charge in [0.1, 0.15) is 6.04 Å². The molecule has 1 aromatic carbocycles. The van der Waals surface area contributed by atoms with Gasteiger partial charge in [0.15, 0.2) is 0 Å². The van der Waals surface area contributed by atoms with Gasteiger partial charge in [0.25, 0.3) is 5.69 Å². The van der Waals surface area contributed by atoms with Gasteiger partial charge in [0, 0.05) is 24.8 Å². The number of esters is 1. The number of nitro groups is 1. The van der Waals surface area contributed by atoms with Gasteiger partial charge in [-0.1, -0.05) is 12.1 Å². The number of likely N-dealkylation sites (tertiary alicyclic amines) is 1. The maximum absolute atomic E-state index is 12.3. The summed E-state index contributed by atoms with van der Waals surface area (Å²) < 4.78 is 4.74. The van der Waals surface area contributed by atoms with Gasteiger partial charge in [-0.25, -0.2) is 4.79 Å². The highest BCUT2D eigenvalue weighted by atomic mass is 16.6. The zero-order chi connectivity index (χ0) is 16.8. The molecule has 0 aliphatic carbocycles. The highest BCUT2D eigenvalue weighted by molar-refractivity contribution is 5.94. The molecular formula is C16H18N2O5. The molecule has 7 nitrogen and oxygen atoms in total. The molecule has 1 fully saturated rings. The lowest BCUT2D eigenvalue weighted by atomic mass is 10.0. The van der Waals surface area contributed by atoms with Crippen molar-refractivity contribution in [2.24, 2.45) is 0 Å². The van der Waals surface area contributed by atoms with Crippen LogP contribution in [-0.2, 0) is 14.3 Å². The fourth-order valence-corrected chi connectivity index (χ4v) is 2.58. The van der Waals surface area contributed by atoms with Gasteiger partial charge in [-0.05, 0) is 30.9 Å². The second-order valence-electron chi connectivity index (χ2n) is 5.25. The first-order valence-electron chi connectivity index (χ1n) is 7.34. The normalized spacial score (nSPS) is 18.0. The predicted octanol–water partition coefficient (Wildman–Crippen LogP) is 2.16. The van der Waals surface area contributed by atoms with Crippen molar-refractivity contribution in [1.82, 2.24) is 4.90 Å². The van der Waals surface area contributed by atoms with Gasteiger partial charge in [-0.3, -0.25) is 14.9 Å². The predicted molar refractivity (Wildman–Crippen MR) is 83.5 cm³/mol. The van der Waals surface area contributed by atoms with Crippen LogP contribution in [0.3, 0.4) is 0 Å². The molecule has 1 atom stereocenters.